The highest BCUT2D eigenvalue weighted by Crippen LogP contribution is 2.49. The van der Waals surface area contributed by atoms with Crippen LogP contribution in [-0.4, -0.2) is 16.8 Å². The molecule has 0 spiro atoms. The molecule has 1 saturated carbocycles. The quantitative estimate of drug-likeness (QED) is 0.670. The maximum atomic E-state index is 10.0. The lowest BCUT2D eigenvalue weighted by Crippen LogP contribution is -2.41. The molecule has 16 heavy (non-hydrogen) atoms. The molecule has 2 rings (SSSR count). The van der Waals surface area contributed by atoms with E-state index in [-0.39, 0.29) is 16.9 Å². The van der Waals surface area contributed by atoms with Gasteiger partial charge in [-0.05, 0) is 37.8 Å². The van der Waals surface area contributed by atoms with Crippen LogP contribution in [0.4, 0.5) is 0 Å². The van der Waals surface area contributed by atoms with Crippen LogP contribution in [0, 0.1) is 13.8 Å². The molecule has 1 fully saturated rings. The SMILES string of the molecule is Cc1cc(C2(CN)CCC2)c(O)c(O)c1C. The van der Waals surface area contributed by atoms with Gasteiger partial charge in [0, 0.05) is 17.5 Å². The highest BCUT2D eigenvalue weighted by atomic mass is 16.3. The standard InChI is InChI=1S/C13H19NO2/c1-8-6-10(12(16)11(15)9(8)2)13(7-14)4-3-5-13/h6,15-16H,3-5,7,14H2,1-2H3. The molecule has 1 aliphatic carbocycles. The van der Waals surface area contributed by atoms with Gasteiger partial charge in [-0.1, -0.05) is 12.5 Å². The van der Waals surface area contributed by atoms with Crippen molar-refractivity contribution in [2.45, 2.75) is 38.5 Å². The topological polar surface area (TPSA) is 66.5 Å². The van der Waals surface area contributed by atoms with Gasteiger partial charge in [-0.25, -0.2) is 0 Å². The molecule has 0 radical (unpaired) electrons. The highest BCUT2D eigenvalue weighted by Gasteiger charge is 2.40. The summed E-state index contributed by atoms with van der Waals surface area (Å²) < 4.78 is 0. The molecular weight excluding hydrogens is 202 g/mol. The molecule has 3 nitrogen and oxygen atoms in total. The predicted octanol–water partition coefficient (Wildman–Crippen LogP) is 2.10. The first-order valence-corrected chi connectivity index (χ1v) is 5.74. The van der Waals surface area contributed by atoms with E-state index in [1.165, 1.54) is 0 Å². The monoisotopic (exact) mass is 221 g/mol. The van der Waals surface area contributed by atoms with Crippen LogP contribution in [-0.2, 0) is 5.41 Å². The van der Waals surface area contributed by atoms with E-state index in [0.717, 1.165) is 36.0 Å². The molecule has 0 aromatic heterocycles. The van der Waals surface area contributed by atoms with Crippen molar-refractivity contribution in [2.75, 3.05) is 6.54 Å². The molecule has 88 valence electrons. The van der Waals surface area contributed by atoms with Crippen molar-refractivity contribution in [3.63, 3.8) is 0 Å². The number of hydrogen-bond acceptors (Lipinski definition) is 3. The first kappa shape index (κ1) is 11.3. The normalized spacial score (nSPS) is 18.2. The van der Waals surface area contributed by atoms with Gasteiger partial charge in [-0.3, -0.25) is 0 Å². The predicted molar refractivity (Wildman–Crippen MR) is 63.8 cm³/mol. The molecule has 1 aromatic rings. The van der Waals surface area contributed by atoms with Gasteiger partial charge in [0.15, 0.2) is 11.5 Å². The third-order valence-corrected chi connectivity index (χ3v) is 4.06. The fourth-order valence-electron chi connectivity index (χ4n) is 2.48. The average molecular weight is 221 g/mol. The number of rotatable bonds is 2. The first-order chi connectivity index (χ1) is 7.52. The van der Waals surface area contributed by atoms with Crippen LogP contribution >= 0.6 is 0 Å². The number of hydrogen-bond donors (Lipinski definition) is 3. The lowest BCUT2D eigenvalue weighted by Gasteiger charge is -2.42. The molecule has 0 amide bonds. The summed E-state index contributed by atoms with van der Waals surface area (Å²) in [5.74, 6) is 0.0305. The Hall–Kier alpha value is -1.22. The largest absolute Gasteiger partial charge is 0.504 e. The number of phenolic OH excluding ortho intramolecular Hbond substituents is 2. The van der Waals surface area contributed by atoms with E-state index >= 15 is 0 Å². The van der Waals surface area contributed by atoms with Gasteiger partial charge in [0.25, 0.3) is 0 Å². The number of aromatic hydroxyl groups is 2. The molecule has 3 heteroatoms. The summed E-state index contributed by atoms with van der Waals surface area (Å²) in [6.07, 6.45) is 3.14. The summed E-state index contributed by atoms with van der Waals surface area (Å²) in [7, 11) is 0. The fourth-order valence-corrected chi connectivity index (χ4v) is 2.48. The first-order valence-electron chi connectivity index (χ1n) is 5.74. The molecule has 4 N–H and O–H groups in total. The van der Waals surface area contributed by atoms with Crippen LogP contribution in [0.1, 0.15) is 36.0 Å². The molecule has 1 aliphatic rings. The second-order valence-electron chi connectivity index (χ2n) is 4.90. The van der Waals surface area contributed by atoms with Crippen LogP contribution in [0.15, 0.2) is 6.07 Å². The van der Waals surface area contributed by atoms with Crippen molar-refractivity contribution in [1.29, 1.82) is 0 Å². The van der Waals surface area contributed by atoms with Crippen LogP contribution in [0.5, 0.6) is 11.5 Å². The van der Waals surface area contributed by atoms with Crippen molar-refractivity contribution in [2.24, 2.45) is 5.73 Å². The van der Waals surface area contributed by atoms with E-state index in [1.807, 2.05) is 19.9 Å². The molecule has 0 unspecified atom stereocenters. The zero-order valence-corrected chi connectivity index (χ0v) is 9.88. The van der Waals surface area contributed by atoms with Crippen molar-refractivity contribution in [3.05, 3.63) is 22.8 Å². The number of benzene rings is 1. The second-order valence-corrected chi connectivity index (χ2v) is 4.90. The van der Waals surface area contributed by atoms with Gasteiger partial charge in [-0.2, -0.15) is 0 Å². The van der Waals surface area contributed by atoms with Crippen LogP contribution in [0.25, 0.3) is 0 Å². The molecule has 0 aliphatic heterocycles. The Bertz CT molecular complexity index is 417. The average Bonchev–Trinajstić information content (AvgIpc) is 2.21. The minimum atomic E-state index is -0.111. The maximum Gasteiger partial charge on any atom is 0.161 e. The molecule has 1 aromatic carbocycles. The van der Waals surface area contributed by atoms with Gasteiger partial charge < -0.3 is 15.9 Å². The molecular formula is C13H19NO2. The Balaban J connectivity index is 2.57. The molecule has 0 bridgehead atoms. The van der Waals surface area contributed by atoms with Gasteiger partial charge in [0.2, 0.25) is 0 Å². The molecule has 0 atom stereocenters. The Morgan fingerprint density at radius 2 is 1.88 bits per heavy atom. The number of nitrogens with two attached hydrogens (primary N) is 1. The van der Waals surface area contributed by atoms with Crippen LogP contribution in [0.2, 0.25) is 0 Å². The summed E-state index contributed by atoms with van der Waals surface area (Å²) >= 11 is 0. The van der Waals surface area contributed by atoms with Crippen molar-refractivity contribution < 1.29 is 10.2 Å². The smallest absolute Gasteiger partial charge is 0.161 e. The summed E-state index contributed by atoms with van der Waals surface area (Å²) in [5.41, 5.74) is 8.27. The summed E-state index contributed by atoms with van der Waals surface area (Å²) in [6, 6.07) is 1.97. The van der Waals surface area contributed by atoms with Gasteiger partial charge >= 0.3 is 0 Å². The fraction of sp³-hybridized carbons (Fsp3) is 0.538. The van der Waals surface area contributed by atoms with Crippen molar-refractivity contribution >= 4 is 0 Å². The summed E-state index contributed by atoms with van der Waals surface area (Å²) in [6.45, 7) is 4.29. The van der Waals surface area contributed by atoms with Gasteiger partial charge in [-0.15, -0.1) is 0 Å². The second kappa shape index (κ2) is 3.67. The Labute approximate surface area is 95.9 Å². The zero-order valence-electron chi connectivity index (χ0n) is 9.88. The van der Waals surface area contributed by atoms with E-state index in [9.17, 15) is 10.2 Å². The third kappa shape index (κ3) is 1.39. The molecule has 0 heterocycles. The minimum absolute atomic E-state index is 0.00900. The third-order valence-electron chi connectivity index (χ3n) is 4.06. The van der Waals surface area contributed by atoms with E-state index in [4.69, 9.17) is 5.73 Å². The van der Waals surface area contributed by atoms with Crippen molar-refractivity contribution in [3.8, 4) is 11.5 Å². The van der Waals surface area contributed by atoms with E-state index < -0.39 is 0 Å². The lowest BCUT2D eigenvalue weighted by atomic mass is 9.64. The van der Waals surface area contributed by atoms with Gasteiger partial charge in [0.05, 0.1) is 0 Å². The highest BCUT2D eigenvalue weighted by molar-refractivity contribution is 5.56. The minimum Gasteiger partial charge on any atom is -0.504 e. The van der Waals surface area contributed by atoms with Crippen LogP contribution in [0.3, 0.4) is 0 Å². The van der Waals surface area contributed by atoms with E-state index in [1.54, 1.807) is 0 Å². The molecule has 0 saturated heterocycles. The number of phenols is 2. The van der Waals surface area contributed by atoms with E-state index in [2.05, 4.69) is 0 Å². The summed E-state index contributed by atoms with van der Waals surface area (Å²) in [5, 5.41) is 19.9. The van der Waals surface area contributed by atoms with E-state index in [0.29, 0.717) is 6.54 Å². The van der Waals surface area contributed by atoms with Crippen molar-refractivity contribution in [1.82, 2.24) is 0 Å². The Morgan fingerprint density at radius 1 is 1.25 bits per heavy atom. The summed E-state index contributed by atoms with van der Waals surface area (Å²) in [4.78, 5) is 0. The lowest BCUT2D eigenvalue weighted by molar-refractivity contribution is 0.242. The maximum absolute atomic E-state index is 10.0. The van der Waals surface area contributed by atoms with Gasteiger partial charge in [0.1, 0.15) is 0 Å². The van der Waals surface area contributed by atoms with Crippen LogP contribution < -0.4 is 5.73 Å². The Morgan fingerprint density at radius 3 is 2.31 bits per heavy atom. The zero-order chi connectivity index (χ0) is 11.9. The Kier molecular flexibility index (Phi) is 2.58. The number of aryl methyl sites for hydroxylation is 1.